The van der Waals surface area contributed by atoms with Crippen LogP contribution in [0.3, 0.4) is 0 Å². The van der Waals surface area contributed by atoms with Crippen molar-refractivity contribution in [2.45, 2.75) is 52.1 Å². The van der Waals surface area contributed by atoms with Gasteiger partial charge in [-0.2, -0.15) is 0 Å². The Morgan fingerprint density at radius 1 is 1.33 bits per heavy atom. The van der Waals surface area contributed by atoms with E-state index in [1.807, 2.05) is 25.7 Å². The van der Waals surface area contributed by atoms with Crippen LogP contribution in [0.5, 0.6) is 0 Å². The Kier molecular flexibility index (Phi) is 8.04. The molecule has 124 valence electrons. The smallest absolute Gasteiger partial charge is 0.410 e. The van der Waals surface area contributed by atoms with Gasteiger partial charge in [-0.1, -0.05) is 0 Å². The predicted octanol–water partition coefficient (Wildman–Crippen LogP) is 2.65. The van der Waals surface area contributed by atoms with Crippen LogP contribution < -0.4 is 5.32 Å². The van der Waals surface area contributed by atoms with Crippen LogP contribution in [0.4, 0.5) is 4.79 Å². The van der Waals surface area contributed by atoms with Gasteiger partial charge >= 0.3 is 6.09 Å². The third-order valence-corrected chi connectivity index (χ3v) is 3.56. The van der Waals surface area contributed by atoms with Gasteiger partial charge in [-0.15, -0.1) is 0 Å². The molecule has 0 saturated carbocycles. The summed E-state index contributed by atoms with van der Waals surface area (Å²) in [6, 6.07) is 0. The molecule has 5 heteroatoms. The maximum atomic E-state index is 12.1. The fourth-order valence-corrected chi connectivity index (χ4v) is 2.53. The summed E-state index contributed by atoms with van der Waals surface area (Å²) in [7, 11) is 1.74. The molecule has 1 N–H and O–H groups in total. The molecule has 0 aromatic carbocycles. The van der Waals surface area contributed by atoms with E-state index >= 15 is 0 Å². The van der Waals surface area contributed by atoms with Crippen molar-refractivity contribution < 1.29 is 14.3 Å². The summed E-state index contributed by atoms with van der Waals surface area (Å²) in [5.41, 5.74) is -0.413. The van der Waals surface area contributed by atoms with Crippen molar-refractivity contribution in [1.82, 2.24) is 10.2 Å². The summed E-state index contributed by atoms with van der Waals surface area (Å²) in [6.45, 7) is 10.2. The van der Waals surface area contributed by atoms with Crippen molar-refractivity contribution in [3.8, 4) is 0 Å². The van der Waals surface area contributed by atoms with Crippen LogP contribution in [0, 0.1) is 5.92 Å². The van der Waals surface area contributed by atoms with Crippen molar-refractivity contribution in [2.75, 3.05) is 39.9 Å². The molecule has 0 bridgehead atoms. The second-order valence-electron chi connectivity index (χ2n) is 6.84. The fourth-order valence-electron chi connectivity index (χ4n) is 2.53. The first kappa shape index (κ1) is 18.2. The summed E-state index contributed by atoms with van der Waals surface area (Å²) in [4.78, 5) is 13.9. The number of hydrogen-bond acceptors (Lipinski definition) is 4. The molecular formula is C16H32N2O3. The van der Waals surface area contributed by atoms with Crippen LogP contribution in [-0.2, 0) is 9.47 Å². The summed E-state index contributed by atoms with van der Waals surface area (Å²) in [5.74, 6) is 0.536. The number of carbonyl (C=O) groups is 1. The van der Waals surface area contributed by atoms with Gasteiger partial charge in [-0.3, -0.25) is 0 Å². The highest BCUT2D eigenvalue weighted by molar-refractivity contribution is 5.68. The van der Waals surface area contributed by atoms with Crippen LogP contribution in [0.1, 0.15) is 46.5 Å². The monoisotopic (exact) mass is 300 g/mol. The Hall–Kier alpha value is -0.810. The number of nitrogens with zero attached hydrogens (tertiary/aromatic N) is 1. The van der Waals surface area contributed by atoms with E-state index < -0.39 is 5.60 Å². The van der Waals surface area contributed by atoms with Crippen molar-refractivity contribution in [3.63, 3.8) is 0 Å². The molecule has 0 aromatic heterocycles. The van der Waals surface area contributed by atoms with Crippen molar-refractivity contribution in [3.05, 3.63) is 0 Å². The lowest BCUT2D eigenvalue weighted by molar-refractivity contribution is 0.0166. The molecule has 1 saturated heterocycles. The second kappa shape index (κ2) is 9.26. The predicted molar refractivity (Wildman–Crippen MR) is 84.5 cm³/mol. The molecule has 1 atom stereocenters. The highest BCUT2D eigenvalue weighted by Gasteiger charge is 2.27. The minimum Gasteiger partial charge on any atom is -0.444 e. The third kappa shape index (κ3) is 8.27. The summed E-state index contributed by atoms with van der Waals surface area (Å²) in [6.07, 6.45) is 4.31. The van der Waals surface area contributed by atoms with Gasteiger partial charge in [0, 0.05) is 26.8 Å². The molecule has 21 heavy (non-hydrogen) atoms. The number of hydrogen-bond donors (Lipinski definition) is 1. The summed E-state index contributed by atoms with van der Waals surface area (Å²) < 4.78 is 10.5. The SMILES string of the molecule is COCCCCNCC1CCCN(C(=O)OC(C)(C)C)C1. The van der Waals surface area contributed by atoms with E-state index in [2.05, 4.69) is 5.32 Å². The van der Waals surface area contributed by atoms with E-state index in [1.165, 1.54) is 6.42 Å². The first-order chi connectivity index (χ1) is 9.92. The van der Waals surface area contributed by atoms with Crippen LogP contribution in [0.15, 0.2) is 0 Å². The Balaban J connectivity index is 2.21. The quantitative estimate of drug-likeness (QED) is 0.734. The average Bonchev–Trinajstić information content (AvgIpc) is 2.41. The maximum Gasteiger partial charge on any atom is 0.410 e. The van der Waals surface area contributed by atoms with Gasteiger partial charge in [0.1, 0.15) is 5.60 Å². The number of amides is 1. The van der Waals surface area contributed by atoms with E-state index in [9.17, 15) is 4.79 Å². The number of rotatable bonds is 7. The van der Waals surface area contributed by atoms with Gasteiger partial charge in [0.25, 0.3) is 0 Å². The minimum atomic E-state index is -0.413. The van der Waals surface area contributed by atoms with E-state index in [0.29, 0.717) is 5.92 Å². The van der Waals surface area contributed by atoms with Gasteiger partial charge in [0.05, 0.1) is 0 Å². The highest BCUT2D eigenvalue weighted by atomic mass is 16.6. The lowest BCUT2D eigenvalue weighted by Crippen LogP contribution is -2.45. The molecule has 0 aromatic rings. The molecule has 0 spiro atoms. The van der Waals surface area contributed by atoms with Crippen molar-refractivity contribution in [1.29, 1.82) is 0 Å². The Labute approximate surface area is 129 Å². The van der Waals surface area contributed by atoms with Crippen molar-refractivity contribution in [2.24, 2.45) is 5.92 Å². The van der Waals surface area contributed by atoms with Gasteiger partial charge in [-0.25, -0.2) is 4.79 Å². The third-order valence-electron chi connectivity index (χ3n) is 3.56. The molecule has 1 fully saturated rings. The standard InChI is InChI=1S/C16H32N2O3/c1-16(2,3)21-15(19)18-10-7-8-14(13-18)12-17-9-5-6-11-20-4/h14,17H,5-13H2,1-4H3. The Morgan fingerprint density at radius 2 is 2.10 bits per heavy atom. The molecular weight excluding hydrogens is 268 g/mol. The number of carbonyl (C=O) groups excluding carboxylic acids is 1. The second-order valence-corrected chi connectivity index (χ2v) is 6.84. The number of nitrogens with one attached hydrogen (secondary N) is 1. The maximum absolute atomic E-state index is 12.1. The Morgan fingerprint density at radius 3 is 2.76 bits per heavy atom. The van der Waals surface area contributed by atoms with E-state index in [1.54, 1.807) is 7.11 Å². The lowest BCUT2D eigenvalue weighted by atomic mass is 9.98. The van der Waals surface area contributed by atoms with Gasteiger partial charge in [-0.05, 0) is 65.5 Å². The van der Waals surface area contributed by atoms with Crippen LogP contribution in [0.2, 0.25) is 0 Å². The topological polar surface area (TPSA) is 50.8 Å². The largest absolute Gasteiger partial charge is 0.444 e. The van der Waals surface area contributed by atoms with E-state index in [0.717, 1.165) is 52.0 Å². The number of ether oxygens (including phenoxy) is 2. The molecule has 1 aliphatic heterocycles. The minimum absolute atomic E-state index is 0.174. The highest BCUT2D eigenvalue weighted by Crippen LogP contribution is 2.18. The summed E-state index contributed by atoms with van der Waals surface area (Å²) >= 11 is 0. The van der Waals surface area contributed by atoms with Crippen molar-refractivity contribution >= 4 is 6.09 Å². The molecule has 1 unspecified atom stereocenters. The number of piperidine rings is 1. The zero-order valence-electron chi connectivity index (χ0n) is 14.1. The first-order valence-corrected chi connectivity index (χ1v) is 8.10. The number of methoxy groups -OCH3 is 1. The normalized spacial score (nSPS) is 19.6. The molecule has 5 nitrogen and oxygen atoms in total. The van der Waals surface area contributed by atoms with Gasteiger partial charge in [0.2, 0.25) is 0 Å². The molecule has 1 rings (SSSR count). The molecule has 1 heterocycles. The van der Waals surface area contributed by atoms with Crippen LogP contribution in [0.25, 0.3) is 0 Å². The fraction of sp³-hybridized carbons (Fsp3) is 0.938. The van der Waals surface area contributed by atoms with Gasteiger partial charge in [0.15, 0.2) is 0 Å². The van der Waals surface area contributed by atoms with Gasteiger partial charge < -0.3 is 19.7 Å². The zero-order chi connectivity index (χ0) is 15.7. The van der Waals surface area contributed by atoms with Crippen LogP contribution >= 0.6 is 0 Å². The van der Waals surface area contributed by atoms with Crippen LogP contribution in [-0.4, -0.2) is 56.5 Å². The zero-order valence-corrected chi connectivity index (χ0v) is 14.1. The first-order valence-electron chi connectivity index (χ1n) is 8.10. The lowest BCUT2D eigenvalue weighted by Gasteiger charge is -2.34. The van der Waals surface area contributed by atoms with E-state index in [-0.39, 0.29) is 6.09 Å². The summed E-state index contributed by atoms with van der Waals surface area (Å²) in [5, 5.41) is 3.49. The molecule has 0 radical (unpaired) electrons. The van der Waals surface area contributed by atoms with E-state index in [4.69, 9.17) is 9.47 Å². The molecule has 0 aliphatic carbocycles. The molecule has 1 amide bonds. The number of likely N-dealkylation sites (tertiary alicyclic amines) is 1. The molecule has 1 aliphatic rings. The Bertz CT molecular complexity index is 302. The average molecular weight is 300 g/mol. The number of unbranched alkanes of at least 4 members (excludes halogenated alkanes) is 1.